The van der Waals surface area contributed by atoms with Crippen LogP contribution in [-0.2, 0) is 34.8 Å². The molecule has 0 bridgehead atoms. The monoisotopic (exact) mass is 557 g/mol. The van der Waals surface area contributed by atoms with Crippen molar-refractivity contribution in [3.05, 3.63) is 70.1 Å². The second kappa shape index (κ2) is 11.5. The van der Waals surface area contributed by atoms with E-state index in [1.165, 1.54) is 13.2 Å². The van der Waals surface area contributed by atoms with Crippen LogP contribution in [0.1, 0.15) is 44.9 Å². The number of carbonyl (C=O) groups excluding carboxylic acids is 1. The van der Waals surface area contributed by atoms with E-state index in [0.29, 0.717) is 4.90 Å². The van der Waals surface area contributed by atoms with Gasteiger partial charge in [0.25, 0.3) is 0 Å². The topological polar surface area (TPSA) is 97.3 Å². The molecule has 1 amide bonds. The molecule has 2 aromatic carbocycles. The Kier molecular flexibility index (Phi) is 8.82. The van der Waals surface area contributed by atoms with E-state index in [4.69, 9.17) is 9.47 Å². The Labute approximate surface area is 215 Å². The van der Waals surface area contributed by atoms with Crippen molar-refractivity contribution in [3.63, 3.8) is 0 Å². The second-order valence-corrected chi connectivity index (χ2v) is 12.5. The number of rotatable bonds is 7. The number of nitrogens with one attached hydrogen (secondary N) is 1. The van der Waals surface area contributed by atoms with Crippen LogP contribution in [0.5, 0.6) is 0 Å². The van der Waals surface area contributed by atoms with Gasteiger partial charge in [-0.3, -0.25) is 0 Å². The second-order valence-electron chi connectivity index (χ2n) is 9.00. The van der Waals surface area contributed by atoms with Gasteiger partial charge < -0.3 is 14.8 Å². The van der Waals surface area contributed by atoms with Crippen molar-refractivity contribution in [2.45, 2.75) is 45.9 Å². The Bertz CT molecular complexity index is 1390. The zero-order chi connectivity index (χ0) is 27.5. The summed E-state index contributed by atoms with van der Waals surface area (Å²) in [6.45, 7) is 6.57. The summed E-state index contributed by atoms with van der Waals surface area (Å²) < 4.78 is 78.1. The highest BCUT2D eigenvalue weighted by atomic mass is 32.9. The first-order chi connectivity index (χ1) is 17.3. The predicted molar refractivity (Wildman–Crippen MR) is 137 cm³/mol. The minimum atomic E-state index is -2.57. The van der Waals surface area contributed by atoms with Gasteiger partial charge in [-0.1, -0.05) is 6.07 Å². The van der Waals surface area contributed by atoms with E-state index in [2.05, 4.69) is 10.3 Å². The first-order valence-electron chi connectivity index (χ1n) is 10.9. The maximum atomic E-state index is 15.3. The van der Waals surface area contributed by atoms with Crippen molar-refractivity contribution in [1.82, 2.24) is 0 Å². The summed E-state index contributed by atoms with van der Waals surface area (Å²) in [7, 11) is -2.55. The number of anilines is 2. The van der Waals surface area contributed by atoms with Crippen LogP contribution in [0.25, 0.3) is 0 Å². The smallest absolute Gasteiger partial charge is 0.420 e. The molecule has 0 aliphatic carbocycles. The Balaban J connectivity index is 2.00. The van der Waals surface area contributed by atoms with Crippen molar-refractivity contribution in [3.8, 4) is 0 Å². The zero-order valence-corrected chi connectivity index (χ0v) is 22.3. The number of hydrogen-bond donors (Lipinski definition) is 1. The fraction of sp³-hybridized carbons (Fsp3) is 0.333. The number of amides is 1. The average Bonchev–Trinajstić information content (AvgIpc) is 3.26. The average molecular weight is 558 g/mol. The highest BCUT2D eigenvalue weighted by Gasteiger charge is 2.32. The third-order valence-corrected chi connectivity index (χ3v) is 7.49. The lowest BCUT2D eigenvalue weighted by molar-refractivity contribution is 0.0590. The molecule has 200 valence electrons. The van der Waals surface area contributed by atoms with Crippen LogP contribution in [0.2, 0.25) is 0 Å². The van der Waals surface area contributed by atoms with Crippen molar-refractivity contribution < 1.29 is 35.9 Å². The van der Waals surface area contributed by atoms with Gasteiger partial charge in [-0.15, -0.1) is 0 Å². The molecule has 8 nitrogen and oxygen atoms in total. The third kappa shape index (κ3) is 6.99. The molecule has 1 N–H and O–H groups in total. The summed E-state index contributed by atoms with van der Waals surface area (Å²) in [5, 5.41) is 3.95. The first kappa shape index (κ1) is 28.4. The van der Waals surface area contributed by atoms with Gasteiger partial charge in [-0.25, -0.2) is 27.9 Å². The van der Waals surface area contributed by atoms with E-state index in [1.54, 1.807) is 39.8 Å². The highest BCUT2D eigenvalue weighted by molar-refractivity contribution is 8.42. The molecule has 0 spiro atoms. The Morgan fingerprint density at radius 2 is 1.78 bits per heavy atom. The van der Waals surface area contributed by atoms with E-state index in [-0.39, 0.29) is 23.7 Å². The number of hydrogen-bond acceptors (Lipinski definition) is 7. The van der Waals surface area contributed by atoms with Crippen molar-refractivity contribution in [1.29, 1.82) is 0 Å². The number of nitrogens with zero attached hydrogens (tertiary/aromatic N) is 2. The van der Waals surface area contributed by atoms with E-state index in [9.17, 15) is 17.6 Å². The Morgan fingerprint density at radius 3 is 2.32 bits per heavy atom. The molecular weight excluding hydrogens is 531 g/mol. The summed E-state index contributed by atoms with van der Waals surface area (Å²) in [6, 6.07) is 5.64. The molecule has 37 heavy (non-hydrogen) atoms. The predicted octanol–water partition coefficient (Wildman–Crippen LogP) is 5.42. The summed E-state index contributed by atoms with van der Waals surface area (Å²) in [5.74, 6) is -3.11. The number of benzene rings is 2. The van der Waals surface area contributed by atoms with Gasteiger partial charge in [-0.05, 0) is 57.5 Å². The fourth-order valence-electron chi connectivity index (χ4n) is 3.43. The van der Waals surface area contributed by atoms with Gasteiger partial charge in [0, 0.05) is 33.2 Å². The SMILES string of the molecule is COCc1ccc(F)c(C(C)Nc2cc(F)c(N(C(=O)OC(C)(C)C)C3=C[S@](=S(=O)=O)C=N3)c(F)c2)c1. The van der Waals surface area contributed by atoms with Crippen LogP contribution in [0.3, 0.4) is 0 Å². The Morgan fingerprint density at radius 1 is 1.14 bits per heavy atom. The summed E-state index contributed by atoms with van der Waals surface area (Å²) in [5.41, 5.74) is 0.194. The maximum Gasteiger partial charge on any atom is 0.420 e. The number of carbonyl (C=O) groups is 1. The van der Waals surface area contributed by atoms with Crippen LogP contribution in [0, 0.1) is 17.5 Å². The lowest BCUT2D eigenvalue weighted by Crippen LogP contribution is -2.37. The van der Waals surface area contributed by atoms with Gasteiger partial charge >= 0.3 is 6.09 Å². The lowest BCUT2D eigenvalue weighted by Gasteiger charge is -2.27. The molecule has 0 aromatic heterocycles. The van der Waals surface area contributed by atoms with Crippen LogP contribution >= 0.6 is 0 Å². The number of ether oxygens (including phenoxy) is 2. The molecule has 2 aromatic rings. The molecule has 0 fully saturated rings. The maximum absolute atomic E-state index is 15.3. The van der Waals surface area contributed by atoms with E-state index in [0.717, 1.165) is 28.7 Å². The number of aliphatic imine (C=N–C) groups is 1. The van der Waals surface area contributed by atoms with Gasteiger partial charge in [0.05, 0.1) is 18.2 Å². The summed E-state index contributed by atoms with van der Waals surface area (Å²) >= 11 is 0. The van der Waals surface area contributed by atoms with Crippen molar-refractivity contribution >= 4 is 41.7 Å². The first-order valence-corrected chi connectivity index (χ1v) is 13.9. The van der Waals surface area contributed by atoms with E-state index >= 15 is 8.78 Å². The molecule has 3 rings (SSSR count). The minimum Gasteiger partial charge on any atom is -0.443 e. The largest absolute Gasteiger partial charge is 0.443 e. The van der Waals surface area contributed by atoms with Crippen LogP contribution < -0.4 is 10.2 Å². The molecule has 13 heteroatoms. The van der Waals surface area contributed by atoms with Crippen molar-refractivity contribution in [2.75, 3.05) is 17.3 Å². The zero-order valence-electron chi connectivity index (χ0n) is 20.7. The molecule has 2 atom stereocenters. The number of halogens is 3. The van der Waals surface area contributed by atoms with Crippen LogP contribution in [-0.4, -0.2) is 32.8 Å². The van der Waals surface area contributed by atoms with Crippen LogP contribution in [0.4, 0.5) is 29.3 Å². The van der Waals surface area contributed by atoms with Crippen LogP contribution in [0.15, 0.2) is 46.6 Å². The molecule has 1 unspecified atom stereocenters. The molecular formula is C24H26F3N3O5S2. The normalized spacial score (nSPS) is 15.8. The standard InChI is InChI=1S/C24H26F3N3O5S2/c1-14(17-8-15(11-34-5)6-7-18(17)25)29-16-9-19(26)22(20(27)10-16)30(23(31)35-24(2,3)4)21-12-36(13-28-21)37(32)33/h6-10,12-14,29H,11H2,1-5H3/t14?,36-/m0/s1. The quantitative estimate of drug-likeness (QED) is 0.489. The minimum absolute atomic E-state index is 0.0174. The Hall–Kier alpha value is -3.16. The summed E-state index contributed by atoms with van der Waals surface area (Å²) in [4.78, 5) is 17.4. The molecule has 0 radical (unpaired) electrons. The number of methoxy groups -OCH3 is 1. The summed E-state index contributed by atoms with van der Waals surface area (Å²) in [6.07, 6.45) is -1.15. The van der Waals surface area contributed by atoms with Crippen molar-refractivity contribution in [2.24, 2.45) is 4.99 Å². The van der Waals surface area contributed by atoms with E-state index in [1.807, 2.05) is 0 Å². The van der Waals surface area contributed by atoms with E-state index < -0.39 is 59.6 Å². The van der Waals surface area contributed by atoms with Gasteiger partial charge in [0.1, 0.15) is 17.1 Å². The fourth-order valence-corrected chi connectivity index (χ4v) is 5.06. The molecule has 1 heterocycles. The lowest BCUT2D eigenvalue weighted by atomic mass is 10.0. The highest BCUT2D eigenvalue weighted by Crippen LogP contribution is 2.34. The molecule has 0 saturated heterocycles. The van der Waals surface area contributed by atoms with Gasteiger partial charge in [-0.2, -0.15) is 8.42 Å². The third-order valence-electron chi connectivity index (χ3n) is 4.93. The van der Waals surface area contributed by atoms with Gasteiger partial charge in [0.15, 0.2) is 17.5 Å². The molecule has 0 saturated carbocycles. The van der Waals surface area contributed by atoms with Gasteiger partial charge in [0.2, 0.25) is 9.26 Å². The molecule has 1 aliphatic rings. The molecule has 1 aliphatic heterocycles.